The summed E-state index contributed by atoms with van der Waals surface area (Å²) in [7, 11) is -4.64. The maximum atomic E-state index is 9.16. The Hall–Kier alpha value is -0.0100. The van der Waals surface area contributed by atoms with Crippen molar-refractivity contribution in [1.82, 2.24) is 0 Å². The quantitative estimate of drug-likeness (QED) is 0.233. The largest absolute Gasteiger partial charge is 0.466 e. The van der Waals surface area contributed by atoms with E-state index in [1.807, 2.05) is 0 Å². The van der Waals surface area contributed by atoms with Crippen molar-refractivity contribution in [3.63, 3.8) is 0 Å². The maximum absolute atomic E-state index is 9.16. The molecule has 0 saturated heterocycles. The second-order valence-electron chi connectivity index (χ2n) is 5.71. The van der Waals surface area contributed by atoms with Gasteiger partial charge in [0, 0.05) is 5.41 Å². The van der Waals surface area contributed by atoms with Crippen LogP contribution in [0.4, 0.5) is 0 Å². The molecule has 0 unspecified atom stereocenters. The van der Waals surface area contributed by atoms with Crippen LogP contribution in [0.3, 0.4) is 0 Å². The smallest absolute Gasteiger partial charge is 0.396 e. The van der Waals surface area contributed by atoms with Gasteiger partial charge in [0.25, 0.3) is 0 Å². The highest BCUT2D eigenvalue weighted by atomic mass is 31.2. The third-order valence-electron chi connectivity index (χ3n) is 3.57. The van der Waals surface area contributed by atoms with Crippen LogP contribution in [-0.4, -0.2) is 49.8 Å². The van der Waals surface area contributed by atoms with Gasteiger partial charge in [-0.3, -0.25) is 0 Å². The molecule has 6 N–H and O–H groups in total. The fourth-order valence-corrected chi connectivity index (χ4v) is 2.02. The minimum atomic E-state index is -4.64. The molecule has 0 amide bonds. The first kappa shape index (κ1) is 24.2. The zero-order chi connectivity index (χ0) is 17.5. The van der Waals surface area contributed by atoms with E-state index >= 15 is 0 Å². The molecule has 0 spiro atoms. The number of aliphatic hydroxyl groups excluding tert-OH is 3. The minimum Gasteiger partial charge on any atom is -0.396 e. The summed E-state index contributed by atoms with van der Waals surface area (Å²) in [6.07, 6.45) is 10.6. The fourth-order valence-electron chi connectivity index (χ4n) is 2.02. The average molecular weight is 344 g/mol. The Bertz CT molecular complexity index is 260. The molecule has 136 valence electrons. The number of phosphoric acid groups is 1. The summed E-state index contributed by atoms with van der Waals surface area (Å²) in [6, 6.07) is 0. The van der Waals surface area contributed by atoms with Crippen LogP contribution in [0.5, 0.6) is 0 Å². The lowest BCUT2D eigenvalue weighted by Crippen LogP contribution is -2.33. The lowest BCUT2D eigenvalue weighted by atomic mass is 9.85. The Kier molecular flexibility index (Phi) is 16.1. The maximum Gasteiger partial charge on any atom is 0.466 e. The van der Waals surface area contributed by atoms with Crippen LogP contribution >= 0.6 is 7.82 Å². The van der Waals surface area contributed by atoms with E-state index in [9.17, 15) is 0 Å². The van der Waals surface area contributed by atoms with Crippen LogP contribution in [0.1, 0.15) is 64.7 Å². The van der Waals surface area contributed by atoms with Crippen LogP contribution in [0.25, 0.3) is 0 Å². The highest BCUT2D eigenvalue weighted by Gasteiger charge is 2.26. The second-order valence-corrected chi connectivity index (χ2v) is 6.74. The van der Waals surface area contributed by atoms with Gasteiger partial charge < -0.3 is 30.0 Å². The molecule has 0 rings (SSSR count). The molecule has 0 radical (unpaired) electrons. The summed E-state index contributed by atoms with van der Waals surface area (Å²) in [4.78, 5) is 21.6. The first-order chi connectivity index (χ1) is 10.2. The molecule has 0 atom stereocenters. The van der Waals surface area contributed by atoms with E-state index in [-0.39, 0.29) is 19.8 Å². The van der Waals surface area contributed by atoms with E-state index in [2.05, 4.69) is 6.92 Å². The molecular weight excluding hydrogens is 311 g/mol. The Morgan fingerprint density at radius 2 is 1.05 bits per heavy atom. The predicted molar refractivity (Wildman–Crippen MR) is 85.2 cm³/mol. The van der Waals surface area contributed by atoms with Crippen molar-refractivity contribution in [2.75, 3.05) is 19.8 Å². The van der Waals surface area contributed by atoms with Gasteiger partial charge >= 0.3 is 7.82 Å². The van der Waals surface area contributed by atoms with Gasteiger partial charge in [0.1, 0.15) is 0 Å². The van der Waals surface area contributed by atoms with Gasteiger partial charge in [0.15, 0.2) is 0 Å². The molecule has 0 aromatic carbocycles. The van der Waals surface area contributed by atoms with Crippen molar-refractivity contribution in [3.05, 3.63) is 0 Å². The van der Waals surface area contributed by atoms with Crippen molar-refractivity contribution in [3.8, 4) is 0 Å². The third-order valence-corrected chi connectivity index (χ3v) is 3.57. The second kappa shape index (κ2) is 14.6. The molecule has 0 bridgehead atoms. The zero-order valence-corrected chi connectivity index (χ0v) is 14.4. The van der Waals surface area contributed by atoms with Gasteiger partial charge in [0.2, 0.25) is 0 Å². The van der Waals surface area contributed by atoms with E-state index in [0.29, 0.717) is 6.42 Å². The van der Waals surface area contributed by atoms with E-state index in [0.717, 1.165) is 12.8 Å². The minimum absolute atomic E-state index is 0.128. The number of aliphatic hydroxyl groups is 3. The lowest BCUT2D eigenvalue weighted by Gasteiger charge is -2.27. The first-order valence-corrected chi connectivity index (χ1v) is 9.42. The lowest BCUT2D eigenvalue weighted by molar-refractivity contribution is -0.00230. The van der Waals surface area contributed by atoms with Gasteiger partial charge in [-0.2, -0.15) is 0 Å². The highest BCUT2D eigenvalue weighted by Crippen LogP contribution is 2.26. The van der Waals surface area contributed by atoms with E-state index in [4.69, 9.17) is 34.6 Å². The van der Waals surface area contributed by atoms with Crippen LogP contribution in [-0.2, 0) is 4.57 Å². The van der Waals surface area contributed by atoms with Gasteiger partial charge in [-0.1, -0.05) is 58.3 Å². The van der Waals surface area contributed by atoms with Crippen LogP contribution < -0.4 is 0 Å². The molecule has 0 heterocycles. The summed E-state index contributed by atoms with van der Waals surface area (Å²) in [5, 5.41) is 27.5. The predicted octanol–water partition coefficient (Wildman–Crippen LogP) is 1.55. The zero-order valence-electron chi connectivity index (χ0n) is 13.5. The van der Waals surface area contributed by atoms with Crippen molar-refractivity contribution in [1.29, 1.82) is 0 Å². The number of hydrogen-bond donors (Lipinski definition) is 6. The molecule has 0 aromatic heterocycles. The van der Waals surface area contributed by atoms with Gasteiger partial charge in [-0.05, 0) is 6.42 Å². The highest BCUT2D eigenvalue weighted by molar-refractivity contribution is 7.45. The van der Waals surface area contributed by atoms with Crippen LogP contribution in [0, 0.1) is 5.41 Å². The third kappa shape index (κ3) is 18.0. The summed E-state index contributed by atoms with van der Waals surface area (Å²) in [5.74, 6) is 0. The SMILES string of the molecule is CCCCCCCCCCC(CO)(CO)CO.O=P(O)(O)O. The number of hydrogen-bond acceptors (Lipinski definition) is 4. The summed E-state index contributed by atoms with van der Waals surface area (Å²) in [5.41, 5.74) is -0.664. The number of unbranched alkanes of at least 4 members (excludes halogenated alkanes) is 7. The molecule has 7 nitrogen and oxygen atoms in total. The number of rotatable bonds is 12. The van der Waals surface area contributed by atoms with Crippen molar-refractivity contribution in [2.45, 2.75) is 64.7 Å². The molecule has 0 aliphatic heterocycles. The van der Waals surface area contributed by atoms with Gasteiger partial charge in [-0.15, -0.1) is 0 Å². The van der Waals surface area contributed by atoms with Crippen molar-refractivity contribution in [2.24, 2.45) is 5.41 Å². The molecule has 0 saturated carbocycles. The molecule has 8 heteroatoms. The van der Waals surface area contributed by atoms with Crippen LogP contribution in [0.2, 0.25) is 0 Å². The molecule has 0 aliphatic carbocycles. The van der Waals surface area contributed by atoms with E-state index in [1.54, 1.807) is 0 Å². The Morgan fingerprint density at radius 1 is 0.727 bits per heavy atom. The van der Waals surface area contributed by atoms with Crippen LogP contribution in [0.15, 0.2) is 0 Å². The van der Waals surface area contributed by atoms with Crippen molar-refractivity contribution >= 4 is 7.82 Å². The summed E-state index contributed by atoms with van der Waals surface area (Å²) >= 11 is 0. The first-order valence-electron chi connectivity index (χ1n) is 7.85. The summed E-state index contributed by atoms with van der Waals surface area (Å²) < 4.78 is 8.88. The van der Waals surface area contributed by atoms with Gasteiger partial charge in [-0.25, -0.2) is 4.57 Å². The van der Waals surface area contributed by atoms with Gasteiger partial charge in [0.05, 0.1) is 19.8 Å². The Balaban J connectivity index is 0. The molecule has 0 aromatic rings. The topological polar surface area (TPSA) is 138 Å². The molecule has 0 aliphatic rings. The monoisotopic (exact) mass is 344 g/mol. The van der Waals surface area contributed by atoms with E-state index in [1.165, 1.54) is 38.5 Å². The molecule has 0 fully saturated rings. The Morgan fingerprint density at radius 3 is 1.36 bits per heavy atom. The molecule has 22 heavy (non-hydrogen) atoms. The summed E-state index contributed by atoms with van der Waals surface area (Å²) in [6.45, 7) is 1.84. The fraction of sp³-hybridized carbons (Fsp3) is 1.00. The normalized spacial score (nSPS) is 12.0. The average Bonchev–Trinajstić information content (AvgIpc) is 2.45. The Labute approximate surface area is 133 Å². The standard InChI is InChI=1S/C14H30O3.H3O4P/c1-2-3-4-5-6-7-8-9-10-14(11-15,12-16)13-17;1-5(2,3)4/h15-17H,2-13H2,1H3;(H3,1,2,3,4). The molecular formula is C14H33O7P. The van der Waals surface area contributed by atoms with Crippen molar-refractivity contribution < 1.29 is 34.6 Å². The van der Waals surface area contributed by atoms with E-state index < -0.39 is 13.2 Å².